The molecule has 0 spiro atoms. The Morgan fingerprint density at radius 2 is 1.78 bits per heavy atom. The second-order valence-electron chi connectivity index (χ2n) is 12.1. The average Bonchev–Trinajstić information content (AvgIpc) is 3.41. The van der Waals surface area contributed by atoms with Crippen LogP contribution >= 0.6 is 0 Å². The quantitative estimate of drug-likeness (QED) is 0.443. The molecule has 4 bridgehead atoms. The fraction of sp³-hybridized carbons (Fsp3) is 0.452. The van der Waals surface area contributed by atoms with Crippen molar-refractivity contribution in [3.05, 3.63) is 65.2 Å². The van der Waals surface area contributed by atoms with Crippen LogP contribution in [0.2, 0.25) is 0 Å². The Hall–Kier alpha value is -3.50. The second kappa shape index (κ2) is 11.4. The number of anilines is 1. The van der Waals surface area contributed by atoms with Gasteiger partial charge in [-0.05, 0) is 67.9 Å². The summed E-state index contributed by atoms with van der Waals surface area (Å²) in [5, 5.41) is 0. The summed E-state index contributed by atoms with van der Waals surface area (Å²) in [6, 6.07) is 13.5. The number of nitrogens with one attached hydrogen (secondary N) is 1. The Morgan fingerprint density at radius 3 is 2.46 bits per heavy atom. The number of carbonyl (C=O) groups excluding carboxylic acids is 1. The third-order valence-electron chi connectivity index (χ3n) is 7.45. The molecule has 2 aliphatic heterocycles. The van der Waals surface area contributed by atoms with Crippen molar-refractivity contribution in [3.63, 3.8) is 0 Å². The number of carbonyl (C=O) groups is 1. The number of nitrogens with zero attached hydrogens (tertiary/aromatic N) is 3. The van der Waals surface area contributed by atoms with E-state index in [1.54, 1.807) is 23.1 Å². The van der Waals surface area contributed by atoms with Crippen molar-refractivity contribution >= 4 is 21.9 Å². The lowest BCUT2D eigenvalue weighted by Gasteiger charge is -2.37. The van der Waals surface area contributed by atoms with Crippen molar-refractivity contribution in [1.29, 1.82) is 0 Å². The maximum atomic E-state index is 14.1. The lowest BCUT2D eigenvalue weighted by molar-refractivity contribution is 0.0266. The SMILES string of the molecule is Cc1cccc(C)c1-c1cc2nc(n1)NS(=O)(=O)c1cccc(c1)C(=O)N(CC1CCCO1)[C@H](CC(C)(C)C)CO2. The maximum Gasteiger partial charge on any atom is 0.264 e. The van der Waals surface area contributed by atoms with Gasteiger partial charge in [0.15, 0.2) is 0 Å². The second-order valence-corrected chi connectivity index (χ2v) is 13.8. The molecule has 0 radical (unpaired) electrons. The predicted molar refractivity (Wildman–Crippen MR) is 158 cm³/mol. The fourth-order valence-electron chi connectivity index (χ4n) is 5.59. The van der Waals surface area contributed by atoms with Crippen molar-refractivity contribution in [2.45, 2.75) is 70.9 Å². The first-order valence-corrected chi connectivity index (χ1v) is 15.5. The number of rotatable bonds is 4. The van der Waals surface area contributed by atoms with Crippen LogP contribution in [0.1, 0.15) is 61.5 Å². The van der Waals surface area contributed by atoms with Crippen molar-refractivity contribution in [3.8, 4) is 17.1 Å². The molecule has 41 heavy (non-hydrogen) atoms. The first kappa shape index (κ1) is 29.0. The molecule has 1 N–H and O–H groups in total. The molecule has 218 valence electrons. The van der Waals surface area contributed by atoms with E-state index in [9.17, 15) is 13.2 Å². The zero-order valence-electron chi connectivity index (χ0n) is 24.3. The summed E-state index contributed by atoms with van der Waals surface area (Å²) in [5.41, 5.74) is 3.58. The van der Waals surface area contributed by atoms with Gasteiger partial charge < -0.3 is 14.4 Å². The van der Waals surface area contributed by atoms with Gasteiger partial charge in [-0.3, -0.25) is 4.79 Å². The minimum Gasteiger partial charge on any atom is -0.475 e. The van der Waals surface area contributed by atoms with E-state index in [-0.39, 0.29) is 52.4 Å². The molecule has 0 aliphatic carbocycles. The van der Waals surface area contributed by atoms with Gasteiger partial charge in [0.05, 0.1) is 22.7 Å². The number of ether oxygens (including phenoxy) is 2. The van der Waals surface area contributed by atoms with E-state index < -0.39 is 10.0 Å². The standard InChI is InChI=1S/C31H38N4O5S/c1-20-9-6-10-21(2)28(20)26-16-27-33-30(32-26)34-41(37,38)25-13-7-11-22(15-25)29(36)35(18-24-12-8-14-39-24)23(19-40-27)17-31(3,4)5/h6-7,9-11,13,15-16,23-24H,8,12,14,17-19H2,1-5H3,(H,32,33,34)/t23-,24?/m1/s1. The third kappa shape index (κ3) is 6.70. The van der Waals surface area contributed by atoms with E-state index >= 15 is 0 Å². The molecule has 0 saturated carbocycles. The number of aromatic nitrogens is 2. The molecule has 3 aromatic rings. The molecule has 3 heterocycles. The summed E-state index contributed by atoms with van der Waals surface area (Å²) in [6.07, 6.45) is 2.37. The maximum absolute atomic E-state index is 14.1. The van der Waals surface area contributed by atoms with Crippen LogP contribution in [0.4, 0.5) is 5.95 Å². The fourth-order valence-corrected chi connectivity index (χ4v) is 6.57. The first-order valence-electron chi connectivity index (χ1n) is 14.0. The topological polar surface area (TPSA) is 111 Å². The normalized spacial score (nSPS) is 20.8. The van der Waals surface area contributed by atoms with Crippen LogP contribution < -0.4 is 9.46 Å². The van der Waals surface area contributed by atoms with Gasteiger partial charge in [0.2, 0.25) is 11.8 Å². The van der Waals surface area contributed by atoms with Gasteiger partial charge in [0.25, 0.3) is 15.9 Å². The Kier molecular flexibility index (Phi) is 8.07. The first-order chi connectivity index (χ1) is 19.4. The van der Waals surface area contributed by atoms with Gasteiger partial charge in [-0.1, -0.05) is 45.0 Å². The van der Waals surface area contributed by atoms with Crippen LogP contribution in [0.25, 0.3) is 11.3 Å². The molecular weight excluding hydrogens is 540 g/mol. The number of aryl methyl sites for hydroxylation is 2. The summed E-state index contributed by atoms with van der Waals surface area (Å²) < 4.78 is 41.7. The highest BCUT2D eigenvalue weighted by Gasteiger charge is 2.33. The van der Waals surface area contributed by atoms with Gasteiger partial charge in [-0.15, -0.1) is 0 Å². The zero-order chi connectivity index (χ0) is 29.4. The minimum absolute atomic E-state index is 0.0458. The highest BCUT2D eigenvalue weighted by Crippen LogP contribution is 2.31. The summed E-state index contributed by atoms with van der Waals surface area (Å²) in [4.78, 5) is 24.9. The molecule has 1 unspecified atom stereocenters. The van der Waals surface area contributed by atoms with Crippen LogP contribution in [0.15, 0.2) is 53.4 Å². The highest BCUT2D eigenvalue weighted by atomic mass is 32.2. The van der Waals surface area contributed by atoms with Gasteiger partial charge >= 0.3 is 0 Å². The number of hydrogen-bond acceptors (Lipinski definition) is 7. The van der Waals surface area contributed by atoms with E-state index in [2.05, 4.69) is 35.5 Å². The Bertz CT molecular complexity index is 1520. The van der Waals surface area contributed by atoms with Crippen molar-refractivity contribution in [1.82, 2.24) is 14.9 Å². The van der Waals surface area contributed by atoms with E-state index in [4.69, 9.17) is 9.47 Å². The molecule has 9 nitrogen and oxygen atoms in total. The molecule has 2 aliphatic rings. The number of sulfonamides is 1. The smallest absolute Gasteiger partial charge is 0.264 e. The van der Waals surface area contributed by atoms with Crippen molar-refractivity contribution in [2.24, 2.45) is 5.41 Å². The summed E-state index contributed by atoms with van der Waals surface area (Å²) >= 11 is 0. The largest absolute Gasteiger partial charge is 0.475 e. The van der Waals surface area contributed by atoms with Crippen LogP contribution in [-0.4, -0.2) is 61.1 Å². The number of benzene rings is 2. The Labute approximate surface area is 242 Å². The molecule has 1 amide bonds. The molecule has 1 aromatic heterocycles. The average molecular weight is 579 g/mol. The molecular formula is C31H38N4O5S. The van der Waals surface area contributed by atoms with Crippen LogP contribution in [0.5, 0.6) is 5.88 Å². The molecule has 10 heteroatoms. The molecule has 5 rings (SSSR count). The number of fused-ring (bicyclic) bond motifs is 4. The Morgan fingerprint density at radius 1 is 1.05 bits per heavy atom. The highest BCUT2D eigenvalue weighted by molar-refractivity contribution is 7.92. The number of amides is 1. The van der Waals surface area contributed by atoms with E-state index in [1.165, 1.54) is 12.1 Å². The van der Waals surface area contributed by atoms with E-state index in [0.717, 1.165) is 29.5 Å². The molecule has 2 aromatic carbocycles. The monoisotopic (exact) mass is 578 g/mol. The number of hydrogen-bond donors (Lipinski definition) is 1. The van der Waals surface area contributed by atoms with E-state index in [0.29, 0.717) is 25.3 Å². The lowest BCUT2D eigenvalue weighted by Crippen LogP contribution is -2.48. The molecule has 2 atom stereocenters. The van der Waals surface area contributed by atoms with E-state index in [1.807, 2.05) is 32.0 Å². The van der Waals surface area contributed by atoms with Gasteiger partial charge in [-0.2, -0.15) is 4.98 Å². The third-order valence-corrected chi connectivity index (χ3v) is 8.78. The van der Waals surface area contributed by atoms with Gasteiger partial charge in [0.1, 0.15) is 6.61 Å². The summed E-state index contributed by atoms with van der Waals surface area (Å²) in [7, 11) is -4.11. The summed E-state index contributed by atoms with van der Waals surface area (Å²) in [6.45, 7) is 11.6. The lowest BCUT2D eigenvalue weighted by atomic mass is 9.87. The van der Waals surface area contributed by atoms with Gasteiger partial charge in [0, 0.05) is 30.3 Å². The van der Waals surface area contributed by atoms with Crippen molar-refractivity contribution < 1.29 is 22.7 Å². The minimum atomic E-state index is -4.11. The van der Waals surface area contributed by atoms with Crippen molar-refractivity contribution in [2.75, 3.05) is 24.5 Å². The summed E-state index contributed by atoms with van der Waals surface area (Å²) in [5.74, 6) is -0.131. The predicted octanol–water partition coefficient (Wildman–Crippen LogP) is 5.38. The molecule has 1 saturated heterocycles. The van der Waals surface area contributed by atoms with Gasteiger partial charge in [-0.25, -0.2) is 18.1 Å². The van der Waals surface area contributed by atoms with Crippen LogP contribution in [-0.2, 0) is 14.8 Å². The van der Waals surface area contributed by atoms with Crippen LogP contribution in [0.3, 0.4) is 0 Å². The van der Waals surface area contributed by atoms with Crippen LogP contribution in [0, 0.1) is 19.3 Å². The zero-order valence-corrected chi connectivity index (χ0v) is 25.1. The molecule has 1 fully saturated rings. The Balaban J connectivity index is 1.66.